The largest absolute Gasteiger partial charge is 0.465 e. The van der Waals surface area contributed by atoms with Crippen LogP contribution in [0.25, 0.3) is 0 Å². The summed E-state index contributed by atoms with van der Waals surface area (Å²) in [6, 6.07) is 0. The maximum absolute atomic E-state index is 12.0. The van der Waals surface area contributed by atoms with E-state index in [-0.39, 0.29) is 5.92 Å². The highest BCUT2D eigenvalue weighted by Gasteiger charge is 2.53. The molecular formula is C14H24O4. The molecule has 1 fully saturated rings. The third-order valence-corrected chi connectivity index (χ3v) is 3.78. The molecule has 18 heavy (non-hydrogen) atoms. The Hall–Kier alpha value is -1.06. The molecule has 4 nitrogen and oxygen atoms in total. The molecule has 2 atom stereocenters. The number of hydrogen-bond acceptors (Lipinski definition) is 4. The topological polar surface area (TPSA) is 52.6 Å². The molecule has 0 radical (unpaired) electrons. The average molecular weight is 256 g/mol. The number of carbonyl (C=O) groups is 2. The van der Waals surface area contributed by atoms with Crippen molar-refractivity contribution in [2.75, 3.05) is 13.2 Å². The molecule has 0 aromatic rings. The van der Waals surface area contributed by atoms with Crippen molar-refractivity contribution in [3.8, 4) is 0 Å². The van der Waals surface area contributed by atoms with E-state index in [1.807, 2.05) is 6.92 Å². The lowest BCUT2D eigenvalue weighted by atomic mass is 9.80. The molecule has 0 aromatic carbocycles. The number of esters is 2. The zero-order valence-electron chi connectivity index (χ0n) is 11.7. The van der Waals surface area contributed by atoms with Gasteiger partial charge < -0.3 is 9.47 Å². The minimum Gasteiger partial charge on any atom is -0.465 e. The lowest BCUT2D eigenvalue weighted by molar-refractivity contribution is -0.165. The molecular weight excluding hydrogens is 232 g/mol. The molecule has 0 aromatic heterocycles. The second-order valence-corrected chi connectivity index (χ2v) is 5.25. The summed E-state index contributed by atoms with van der Waals surface area (Å²) in [5, 5.41) is 0. The van der Waals surface area contributed by atoms with Crippen molar-refractivity contribution in [3.05, 3.63) is 0 Å². The predicted molar refractivity (Wildman–Crippen MR) is 67.9 cm³/mol. The van der Waals surface area contributed by atoms with Crippen LogP contribution < -0.4 is 0 Å². The highest BCUT2D eigenvalue weighted by atomic mass is 16.6. The molecule has 2 unspecified atom stereocenters. The van der Waals surface area contributed by atoms with Crippen LogP contribution in [0.1, 0.15) is 52.9 Å². The van der Waals surface area contributed by atoms with E-state index in [4.69, 9.17) is 9.47 Å². The molecule has 0 saturated carbocycles. The Morgan fingerprint density at radius 2 is 2.06 bits per heavy atom. The van der Waals surface area contributed by atoms with E-state index in [0.717, 1.165) is 12.8 Å². The number of unbranched alkanes of at least 4 members (excludes halogenated alkanes) is 4. The standard InChI is InChI=1S/C14H24O4/c1-4-5-6-7-8-9-17-12(15)14(3)11(2)10-18-13(14)16/h11H,4-10H2,1-3H3. The first kappa shape index (κ1) is 15.0. The first-order valence-electron chi connectivity index (χ1n) is 6.88. The summed E-state index contributed by atoms with van der Waals surface area (Å²) in [5.74, 6) is -1.00. The quantitative estimate of drug-likeness (QED) is 0.399. The average Bonchev–Trinajstić information content (AvgIpc) is 2.62. The Bertz CT molecular complexity index is 300. The Kier molecular flexibility index (Phi) is 5.63. The molecule has 0 bridgehead atoms. The van der Waals surface area contributed by atoms with E-state index in [2.05, 4.69) is 6.92 Å². The summed E-state index contributed by atoms with van der Waals surface area (Å²) < 4.78 is 10.1. The monoisotopic (exact) mass is 256 g/mol. The van der Waals surface area contributed by atoms with Gasteiger partial charge in [-0.1, -0.05) is 39.5 Å². The van der Waals surface area contributed by atoms with Gasteiger partial charge in [0.15, 0.2) is 5.41 Å². The maximum Gasteiger partial charge on any atom is 0.323 e. The van der Waals surface area contributed by atoms with Gasteiger partial charge in [0.25, 0.3) is 0 Å². The van der Waals surface area contributed by atoms with Gasteiger partial charge in [0.1, 0.15) is 0 Å². The molecule has 0 N–H and O–H groups in total. The Balaban J connectivity index is 2.30. The SMILES string of the molecule is CCCCCCCOC(=O)C1(C)C(=O)OCC1C. The van der Waals surface area contributed by atoms with Crippen molar-refractivity contribution in [1.29, 1.82) is 0 Å². The Morgan fingerprint density at radius 1 is 1.39 bits per heavy atom. The lowest BCUT2D eigenvalue weighted by Crippen LogP contribution is -2.39. The number of rotatable bonds is 7. The summed E-state index contributed by atoms with van der Waals surface area (Å²) in [7, 11) is 0. The second kappa shape index (κ2) is 6.76. The van der Waals surface area contributed by atoms with Gasteiger partial charge >= 0.3 is 11.9 Å². The molecule has 0 amide bonds. The highest BCUT2D eigenvalue weighted by Crippen LogP contribution is 2.36. The summed E-state index contributed by atoms with van der Waals surface area (Å²) in [4.78, 5) is 23.6. The van der Waals surface area contributed by atoms with Crippen LogP contribution in [0.15, 0.2) is 0 Å². The second-order valence-electron chi connectivity index (χ2n) is 5.25. The van der Waals surface area contributed by atoms with Crippen molar-refractivity contribution >= 4 is 11.9 Å². The van der Waals surface area contributed by atoms with Gasteiger partial charge in [-0.3, -0.25) is 9.59 Å². The van der Waals surface area contributed by atoms with E-state index in [0.29, 0.717) is 13.2 Å². The number of carbonyl (C=O) groups excluding carboxylic acids is 2. The molecule has 1 saturated heterocycles. The van der Waals surface area contributed by atoms with E-state index >= 15 is 0 Å². The van der Waals surface area contributed by atoms with Gasteiger partial charge in [-0.25, -0.2) is 0 Å². The number of ether oxygens (including phenoxy) is 2. The molecule has 0 spiro atoms. The van der Waals surface area contributed by atoms with Crippen LogP contribution in [0.3, 0.4) is 0 Å². The van der Waals surface area contributed by atoms with Gasteiger partial charge in [0.05, 0.1) is 13.2 Å². The number of cyclic esters (lactones) is 1. The summed E-state index contributed by atoms with van der Waals surface area (Å²) >= 11 is 0. The van der Waals surface area contributed by atoms with Crippen molar-refractivity contribution < 1.29 is 19.1 Å². The van der Waals surface area contributed by atoms with Gasteiger partial charge in [-0.05, 0) is 13.3 Å². The highest BCUT2D eigenvalue weighted by molar-refractivity contribution is 6.01. The van der Waals surface area contributed by atoms with E-state index in [1.165, 1.54) is 19.3 Å². The van der Waals surface area contributed by atoms with Crippen LogP contribution in [-0.4, -0.2) is 25.2 Å². The molecule has 0 aliphatic carbocycles. The summed E-state index contributed by atoms with van der Waals surface area (Å²) in [6.45, 7) is 6.33. The zero-order valence-corrected chi connectivity index (χ0v) is 11.7. The molecule has 1 rings (SSSR count). The first-order valence-corrected chi connectivity index (χ1v) is 6.88. The van der Waals surface area contributed by atoms with Gasteiger partial charge in [0.2, 0.25) is 0 Å². The maximum atomic E-state index is 12.0. The number of hydrogen-bond donors (Lipinski definition) is 0. The molecule has 4 heteroatoms. The minimum absolute atomic E-state index is 0.113. The van der Waals surface area contributed by atoms with Crippen LogP contribution in [0.4, 0.5) is 0 Å². The zero-order chi connectivity index (χ0) is 13.6. The fourth-order valence-electron chi connectivity index (χ4n) is 2.02. The van der Waals surface area contributed by atoms with Gasteiger partial charge in [0, 0.05) is 5.92 Å². The van der Waals surface area contributed by atoms with E-state index in [1.54, 1.807) is 6.92 Å². The van der Waals surface area contributed by atoms with Gasteiger partial charge in [-0.15, -0.1) is 0 Å². The normalized spacial score (nSPS) is 27.1. The summed E-state index contributed by atoms with van der Waals surface area (Å²) in [6.07, 6.45) is 5.52. The van der Waals surface area contributed by atoms with Crippen molar-refractivity contribution in [2.45, 2.75) is 52.9 Å². The summed E-state index contributed by atoms with van der Waals surface area (Å²) in [5.41, 5.74) is -1.11. The third-order valence-electron chi connectivity index (χ3n) is 3.78. The van der Waals surface area contributed by atoms with Gasteiger partial charge in [-0.2, -0.15) is 0 Å². The van der Waals surface area contributed by atoms with Crippen LogP contribution in [-0.2, 0) is 19.1 Å². The lowest BCUT2D eigenvalue weighted by Gasteiger charge is -2.21. The Morgan fingerprint density at radius 3 is 2.61 bits per heavy atom. The predicted octanol–water partition coefficient (Wildman–Crippen LogP) is 2.70. The first-order chi connectivity index (χ1) is 8.53. The smallest absolute Gasteiger partial charge is 0.323 e. The van der Waals surface area contributed by atoms with Crippen molar-refractivity contribution in [2.24, 2.45) is 11.3 Å². The molecule has 1 aliphatic heterocycles. The molecule has 1 aliphatic rings. The third kappa shape index (κ3) is 3.24. The van der Waals surface area contributed by atoms with E-state index < -0.39 is 17.4 Å². The molecule has 104 valence electrons. The molecule has 1 heterocycles. The fourth-order valence-corrected chi connectivity index (χ4v) is 2.02. The Labute approximate surface area is 109 Å². The minimum atomic E-state index is -1.11. The van der Waals surface area contributed by atoms with Crippen LogP contribution >= 0.6 is 0 Å². The van der Waals surface area contributed by atoms with Crippen LogP contribution in [0, 0.1) is 11.3 Å². The van der Waals surface area contributed by atoms with Crippen LogP contribution in [0.5, 0.6) is 0 Å². The van der Waals surface area contributed by atoms with Crippen LogP contribution in [0.2, 0.25) is 0 Å². The van der Waals surface area contributed by atoms with E-state index in [9.17, 15) is 9.59 Å². The van der Waals surface area contributed by atoms with Crippen molar-refractivity contribution in [3.63, 3.8) is 0 Å². The van der Waals surface area contributed by atoms with Crippen molar-refractivity contribution in [1.82, 2.24) is 0 Å². The fraction of sp³-hybridized carbons (Fsp3) is 0.857.